The third-order valence-electron chi connectivity index (χ3n) is 3.36. The maximum absolute atomic E-state index is 4.58. The van der Waals surface area contributed by atoms with Gasteiger partial charge < -0.3 is 10.2 Å². The van der Waals surface area contributed by atoms with Gasteiger partial charge in [0.15, 0.2) is 5.16 Å². The van der Waals surface area contributed by atoms with Crippen molar-refractivity contribution in [2.24, 2.45) is 0 Å². The van der Waals surface area contributed by atoms with Gasteiger partial charge in [-0.05, 0) is 19.1 Å². The van der Waals surface area contributed by atoms with E-state index < -0.39 is 0 Å². The molecule has 0 aromatic carbocycles. The summed E-state index contributed by atoms with van der Waals surface area (Å²) < 4.78 is 0. The van der Waals surface area contributed by atoms with E-state index in [4.69, 9.17) is 0 Å². The molecule has 5 heteroatoms. The molecule has 1 aliphatic rings. The van der Waals surface area contributed by atoms with Crippen LogP contribution < -0.4 is 10.2 Å². The maximum atomic E-state index is 4.58. The number of nitrogens with zero attached hydrogens (tertiary/aromatic N) is 3. The summed E-state index contributed by atoms with van der Waals surface area (Å²) in [6.45, 7) is 0. The first-order valence-corrected chi connectivity index (χ1v) is 7.30. The highest BCUT2D eigenvalue weighted by Gasteiger charge is 2.21. The summed E-state index contributed by atoms with van der Waals surface area (Å²) in [4.78, 5) is 11.3. The molecule has 0 unspecified atom stereocenters. The molecule has 17 heavy (non-hydrogen) atoms. The first kappa shape index (κ1) is 12.5. The molecule has 1 aliphatic carbocycles. The number of rotatable bonds is 4. The van der Waals surface area contributed by atoms with Gasteiger partial charge in [-0.15, -0.1) is 0 Å². The molecule has 1 saturated carbocycles. The Labute approximate surface area is 107 Å². The smallest absolute Gasteiger partial charge is 0.191 e. The van der Waals surface area contributed by atoms with Gasteiger partial charge in [0.05, 0.1) is 0 Å². The Morgan fingerprint density at radius 1 is 1.35 bits per heavy atom. The molecule has 1 aromatic heterocycles. The Morgan fingerprint density at radius 2 is 2.06 bits per heavy atom. The minimum atomic E-state index is 0.643. The average molecular weight is 252 g/mol. The second kappa shape index (κ2) is 5.58. The molecule has 0 spiro atoms. The number of anilines is 2. The van der Waals surface area contributed by atoms with Gasteiger partial charge in [-0.1, -0.05) is 24.6 Å². The van der Waals surface area contributed by atoms with Crippen LogP contribution in [0, 0.1) is 0 Å². The normalized spacial score (nSPS) is 16.2. The van der Waals surface area contributed by atoms with Gasteiger partial charge in [0, 0.05) is 26.2 Å². The van der Waals surface area contributed by atoms with Crippen LogP contribution in [0.4, 0.5) is 11.6 Å². The van der Waals surface area contributed by atoms with Crippen molar-refractivity contribution in [1.29, 1.82) is 0 Å². The van der Waals surface area contributed by atoms with Crippen LogP contribution in [-0.2, 0) is 0 Å². The van der Waals surface area contributed by atoms with E-state index >= 15 is 0 Å². The summed E-state index contributed by atoms with van der Waals surface area (Å²) in [5.74, 6) is 1.92. The van der Waals surface area contributed by atoms with Crippen LogP contribution in [0.1, 0.15) is 25.7 Å². The van der Waals surface area contributed by atoms with E-state index in [9.17, 15) is 0 Å². The van der Waals surface area contributed by atoms with Crippen LogP contribution in [0.15, 0.2) is 11.2 Å². The van der Waals surface area contributed by atoms with Crippen molar-refractivity contribution >= 4 is 23.4 Å². The van der Waals surface area contributed by atoms with Crippen molar-refractivity contribution in [3.8, 4) is 0 Å². The largest absolute Gasteiger partial charge is 0.373 e. The highest BCUT2D eigenvalue weighted by Crippen LogP contribution is 2.27. The fraction of sp³-hybridized carbons (Fsp3) is 0.667. The predicted molar refractivity (Wildman–Crippen MR) is 74.0 cm³/mol. The maximum Gasteiger partial charge on any atom is 0.191 e. The lowest BCUT2D eigenvalue weighted by Gasteiger charge is -2.25. The molecule has 0 atom stereocenters. The zero-order valence-electron chi connectivity index (χ0n) is 10.7. The molecule has 0 radical (unpaired) electrons. The van der Waals surface area contributed by atoms with Gasteiger partial charge in [-0.2, -0.15) is 0 Å². The Kier molecular flexibility index (Phi) is 4.10. The zero-order chi connectivity index (χ0) is 12.3. The van der Waals surface area contributed by atoms with Crippen molar-refractivity contribution in [3.05, 3.63) is 6.07 Å². The summed E-state index contributed by atoms with van der Waals surface area (Å²) in [7, 11) is 4.04. The summed E-state index contributed by atoms with van der Waals surface area (Å²) in [5, 5.41) is 3.93. The summed E-state index contributed by atoms with van der Waals surface area (Å²) in [5.41, 5.74) is 0. The Balaban J connectivity index is 2.23. The van der Waals surface area contributed by atoms with E-state index in [0.717, 1.165) is 16.8 Å². The Hall–Kier alpha value is -0.970. The summed E-state index contributed by atoms with van der Waals surface area (Å²) >= 11 is 1.58. The van der Waals surface area contributed by atoms with Crippen LogP contribution in [0.3, 0.4) is 0 Å². The second-order valence-electron chi connectivity index (χ2n) is 4.40. The van der Waals surface area contributed by atoms with Crippen molar-refractivity contribution in [2.45, 2.75) is 36.9 Å². The quantitative estimate of drug-likeness (QED) is 0.659. The fourth-order valence-corrected chi connectivity index (χ4v) is 2.67. The van der Waals surface area contributed by atoms with Crippen molar-refractivity contribution in [1.82, 2.24) is 9.97 Å². The topological polar surface area (TPSA) is 41.0 Å². The van der Waals surface area contributed by atoms with E-state index in [0.29, 0.717) is 6.04 Å². The average Bonchev–Trinajstić information content (AvgIpc) is 2.91. The van der Waals surface area contributed by atoms with Crippen LogP contribution >= 0.6 is 11.8 Å². The minimum Gasteiger partial charge on any atom is -0.373 e. The fourth-order valence-electron chi connectivity index (χ4n) is 2.29. The van der Waals surface area contributed by atoms with E-state index in [-0.39, 0.29) is 0 Å². The third-order valence-corrected chi connectivity index (χ3v) is 3.91. The number of aromatic nitrogens is 2. The van der Waals surface area contributed by atoms with Crippen LogP contribution in [0.2, 0.25) is 0 Å². The van der Waals surface area contributed by atoms with E-state index in [1.807, 2.05) is 19.4 Å². The minimum absolute atomic E-state index is 0.643. The highest BCUT2D eigenvalue weighted by molar-refractivity contribution is 7.98. The molecule has 0 bridgehead atoms. The molecule has 1 N–H and O–H groups in total. The lowest BCUT2D eigenvalue weighted by atomic mass is 10.2. The van der Waals surface area contributed by atoms with Crippen molar-refractivity contribution in [3.63, 3.8) is 0 Å². The first-order chi connectivity index (χ1) is 8.24. The second-order valence-corrected chi connectivity index (χ2v) is 5.17. The van der Waals surface area contributed by atoms with Crippen molar-refractivity contribution < 1.29 is 0 Å². The monoisotopic (exact) mass is 252 g/mol. The van der Waals surface area contributed by atoms with Gasteiger partial charge >= 0.3 is 0 Å². The van der Waals surface area contributed by atoms with Crippen LogP contribution in [-0.4, -0.2) is 36.4 Å². The molecule has 2 rings (SSSR count). The highest BCUT2D eigenvalue weighted by atomic mass is 32.2. The first-order valence-electron chi connectivity index (χ1n) is 6.08. The third kappa shape index (κ3) is 2.83. The van der Waals surface area contributed by atoms with Gasteiger partial charge in [-0.3, -0.25) is 0 Å². The molecule has 0 aliphatic heterocycles. The zero-order valence-corrected chi connectivity index (χ0v) is 11.5. The predicted octanol–water partition coefficient (Wildman–Crippen LogP) is 2.62. The van der Waals surface area contributed by atoms with Gasteiger partial charge in [0.2, 0.25) is 0 Å². The lowest BCUT2D eigenvalue weighted by Crippen LogP contribution is -2.29. The molecule has 1 aromatic rings. The molecular formula is C12H20N4S. The molecular weight excluding hydrogens is 232 g/mol. The van der Waals surface area contributed by atoms with E-state index in [2.05, 4.69) is 27.2 Å². The number of hydrogen-bond donors (Lipinski definition) is 1. The number of hydrogen-bond acceptors (Lipinski definition) is 5. The molecule has 0 amide bonds. The molecule has 4 nitrogen and oxygen atoms in total. The number of thioether (sulfide) groups is 1. The Morgan fingerprint density at radius 3 is 2.65 bits per heavy atom. The molecule has 94 valence electrons. The van der Waals surface area contributed by atoms with Gasteiger partial charge in [0.25, 0.3) is 0 Å². The van der Waals surface area contributed by atoms with E-state index in [1.54, 1.807) is 11.8 Å². The van der Waals surface area contributed by atoms with E-state index in [1.165, 1.54) is 25.7 Å². The Bertz CT molecular complexity index is 355. The van der Waals surface area contributed by atoms with Crippen molar-refractivity contribution in [2.75, 3.05) is 30.6 Å². The van der Waals surface area contributed by atoms with Gasteiger partial charge in [0.1, 0.15) is 11.6 Å². The molecule has 0 saturated heterocycles. The number of nitrogens with one attached hydrogen (secondary N) is 1. The summed E-state index contributed by atoms with van der Waals surface area (Å²) in [6.07, 6.45) is 7.25. The lowest BCUT2D eigenvalue weighted by molar-refractivity contribution is 0.642. The summed E-state index contributed by atoms with van der Waals surface area (Å²) in [6, 6.07) is 2.67. The molecule has 1 fully saturated rings. The standard InChI is InChI=1S/C12H20N4S/c1-13-10-8-11(15-12(14-10)17-3)16(2)9-6-4-5-7-9/h8-9H,4-7H2,1-3H3,(H,13,14,15). The van der Waals surface area contributed by atoms with Crippen LogP contribution in [0.25, 0.3) is 0 Å². The molecule has 1 heterocycles. The van der Waals surface area contributed by atoms with Gasteiger partial charge in [-0.25, -0.2) is 9.97 Å². The SMILES string of the molecule is CNc1cc(N(C)C2CCCC2)nc(SC)n1. The van der Waals surface area contributed by atoms with Crippen LogP contribution in [0.5, 0.6) is 0 Å².